The van der Waals surface area contributed by atoms with E-state index in [0.29, 0.717) is 6.04 Å². The zero-order valence-corrected chi connectivity index (χ0v) is 13.5. The highest BCUT2D eigenvalue weighted by Crippen LogP contribution is 2.26. The van der Waals surface area contributed by atoms with Gasteiger partial charge in [0.25, 0.3) is 0 Å². The van der Waals surface area contributed by atoms with Crippen LogP contribution in [0.3, 0.4) is 0 Å². The molecule has 0 aliphatic carbocycles. The van der Waals surface area contributed by atoms with Gasteiger partial charge < -0.3 is 5.32 Å². The molecule has 1 N–H and O–H groups in total. The van der Waals surface area contributed by atoms with Crippen molar-refractivity contribution >= 4 is 21.6 Å². The van der Waals surface area contributed by atoms with E-state index in [1.165, 1.54) is 27.9 Å². The Labute approximate surface area is 124 Å². The summed E-state index contributed by atoms with van der Waals surface area (Å²) in [5.41, 5.74) is 6.45. The number of hydrogen-bond donors (Lipinski definition) is 1. The van der Waals surface area contributed by atoms with Crippen LogP contribution in [0.25, 0.3) is 0 Å². The molecule has 2 aromatic carbocycles. The van der Waals surface area contributed by atoms with Crippen LogP contribution < -0.4 is 5.32 Å². The third-order valence-corrected chi connectivity index (χ3v) is 4.10. The summed E-state index contributed by atoms with van der Waals surface area (Å²) in [6, 6.07) is 13.3. The molecule has 0 aliphatic heterocycles. The highest BCUT2D eigenvalue weighted by Gasteiger charge is 2.08. The zero-order chi connectivity index (χ0) is 14.0. The maximum atomic E-state index is 3.58. The lowest BCUT2D eigenvalue weighted by molar-refractivity contribution is 0.879. The lowest BCUT2D eigenvalue weighted by Crippen LogP contribution is -2.08. The maximum absolute atomic E-state index is 3.58. The van der Waals surface area contributed by atoms with Gasteiger partial charge in [-0.15, -0.1) is 0 Å². The highest BCUT2D eigenvalue weighted by atomic mass is 79.9. The minimum absolute atomic E-state index is 0.298. The van der Waals surface area contributed by atoms with E-state index >= 15 is 0 Å². The molecule has 0 aliphatic rings. The fourth-order valence-electron chi connectivity index (χ4n) is 2.10. The van der Waals surface area contributed by atoms with Gasteiger partial charge >= 0.3 is 0 Å². The van der Waals surface area contributed by atoms with Gasteiger partial charge in [-0.3, -0.25) is 0 Å². The molecule has 0 heterocycles. The average Bonchev–Trinajstić information content (AvgIpc) is 2.37. The van der Waals surface area contributed by atoms with Crippen LogP contribution in [0.4, 0.5) is 5.69 Å². The van der Waals surface area contributed by atoms with E-state index in [4.69, 9.17) is 0 Å². The Morgan fingerprint density at radius 1 is 0.895 bits per heavy atom. The van der Waals surface area contributed by atoms with E-state index in [9.17, 15) is 0 Å². The number of benzene rings is 2. The lowest BCUT2D eigenvalue weighted by atomic mass is 10.0. The molecule has 2 rings (SSSR count). The topological polar surface area (TPSA) is 12.0 Å². The molecule has 19 heavy (non-hydrogen) atoms. The van der Waals surface area contributed by atoms with Crippen LogP contribution >= 0.6 is 15.9 Å². The van der Waals surface area contributed by atoms with Crippen molar-refractivity contribution in [3.63, 3.8) is 0 Å². The molecule has 2 aromatic rings. The van der Waals surface area contributed by atoms with Gasteiger partial charge in [0.2, 0.25) is 0 Å². The summed E-state index contributed by atoms with van der Waals surface area (Å²) in [7, 11) is 0. The summed E-state index contributed by atoms with van der Waals surface area (Å²) in [4.78, 5) is 0. The summed E-state index contributed by atoms with van der Waals surface area (Å²) in [6.07, 6.45) is 0. The molecule has 100 valence electrons. The highest BCUT2D eigenvalue weighted by molar-refractivity contribution is 9.10. The van der Waals surface area contributed by atoms with E-state index in [1.54, 1.807) is 0 Å². The quantitative estimate of drug-likeness (QED) is 0.782. The summed E-state index contributed by atoms with van der Waals surface area (Å²) in [5, 5.41) is 3.58. The fourth-order valence-corrected chi connectivity index (χ4v) is 2.46. The summed E-state index contributed by atoms with van der Waals surface area (Å²) in [6.45, 7) is 8.64. The summed E-state index contributed by atoms with van der Waals surface area (Å²) >= 11 is 3.52. The third-order valence-electron chi connectivity index (χ3n) is 3.60. The second-order valence-electron chi connectivity index (χ2n) is 5.17. The van der Waals surface area contributed by atoms with Crippen LogP contribution in [0.2, 0.25) is 0 Å². The van der Waals surface area contributed by atoms with Gasteiger partial charge in [0, 0.05) is 16.2 Å². The second-order valence-corrected chi connectivity index (χ2v) is 6.08. The largest absolute Gasteiger partial charge is 0.378 e. The molecule has 1 unspecified atom stereocenters. The first kappa shape index (κ1) is 14.1. The fraction of sp³-hybridized carbons (Fsp3) is 0.294. The second kappa shape index (κ2) is 5.79. The van der Waals surface area contributed by atoms with Gasteiger partial charge in [0.1, 0.15) is 0 Å². The van der Waals surface area contributed by atoms with Crippen LogP contribution in [0.1, 0.15) is 35.2 Å². The van der Waals surface area contributed by atoms with E-state index in [-0.39, 0.29) is 0 Å². The van der Waals surface area contributed by atoms with Gasteiger partial charge in [0.05, 0.1) is 0 Å². The Bertz CT molecular complexity index is 590. The van der Waals surface area contributed by atoms with Crippen molar-refractivity contribution in [1.29, 1.82) is 0 Å². The van der Waals surface area contributed by atoms with Crippen molar-refractivity contribution in [2.75, 3.05) is 5.32 Å². The number of anilines is 1. The Morgan fingerprint density at radius 3 is 2.26 bits per heavy atom. The van der Waals surface area contributed by atoms with Crippen molar-refractivity contribution in [3.05, 3.63) is 63.1 Å². The average molecular weight is 318 g/mol. The first-order valence-electron chi connectivity index (χ1n) is 6.57. The molecular formula is C17H20BrN. The van der Waals surface area contributed by atoms with E-state index < -0.39 is 0 Å². The standard InChI is InChI=1S/C17H20BrN/c1-11-5-7-15(9-13(11)3)14(4)19-17-10-16(18)8-6-12(17)2/h5-10,14,19H,1-4H3. The molecule has 2 heteroatoms. The van der Waals surface area contributed by atoms with Crippen LogP contribution in [-0.2, 0) is 0 Å². The van der Waals surface area contributed by atoms with Crippen molar-refractivity contribution in [1.82, 2.24) is 0 Å². The predicted molar refractivity (Wildman–Crippen MR) is 86.8 cm³/mol. The molecule has 0 saturated carbocycles. The minimum Gasteiger partial charge on any atom is -0.378 e. The Balaban J connectivity index is 2.22. The van der Waals surface area contributed by atoms with Gasteiger partial charge in [-0.05, 0) is 62.1 Å². The predicted octanol–water partition coefficient (Wildman–Crippen LogP) is 5.55. The van der Waals surface area contributed by atoms with Crippen LogP contribution in [0.5, 0.6) is 0 Å². The normalized spacial score (nSPS) is 12.3. The minimum atomic E-state index is 0.298. The molecule has 1 atom stereocenters. The number of halogens is 1. The van der Waals surface area contributed by atoms with Gasteiger partial charge in [-0.1, -0.05) is 40.2 Å². The molecular weight excluding hydrogens is 298 g/mol. The van der Waals surface area contributed by atoms with E-state index in [0.717, 1.165) is 4.47 Å². The first-order chi connectivity index (χ1) is 8.97. The van der Waals surface area contributed by atoms with E-state index in [1.807, 2.05) is 0 Å². The molecule has 1 nitrogen and oxygen atoms in total. The van der Waals surface area contributed by atoms with Crippen molar-refractivity contribution in [3.8, 4) is 0 Å². The molecule has 0 radical (unpaired) electrons. The number of aryl methyl sites for hydroxylation is 3. The summed E-state index contributed by atoms with van der Waals surface area (Å²) in [5.74, 6) is 0. The number of rotatable bonds is 3. The van der Waals surface area contributed by atoms with Gasteiger partial charge in [-0.2, -0.15) is 0 Å². The van der Waals surface area contributed by atoms with Gasteiger partial charge in [-0.25, -0.2) is 0 Å². The molecule has 0 amide bonds. The molecule has 0 aromatic heterocycles. The molecule has 0 saturated heterocycles. The van der Waals surface area contributed by atoms with Crippen molar-refractivity contribution < 1.29 is 0 Å². The van der Waals surface area contributed by atoms with Crippen LogP contribution in [0.15, 0.2) is 40.9 Å². The third kappa shape index (κ3) is 3.38. The SMILES string of the molecule is Cc1ccc(C(C)Nc2cc(Br)ccc2C)cc1C. The zero-order valence-electron chi connectivity index (χ0n) is 11.9. The van der Waals surface area contributed by atoms with Gasteiger partial charge in [0.15, 0.2) is 0 Å². The molecule has 0 bridgehead atoms. The first-order valence-corrected chi connectivity index (χ1v) is 7.36. The van der Waals surface area contributed by atoms with Crippen molar-refractivity contribution in [2.45, 2.75) is 33.7 Å². The number of hydrogen-bond acceptors (Lipinski definition) is 1. The summed E-state index contributed by atoms with van der Waals surface area (Å²) < 4.78 is 1.10. The lowest BCUT2D eigenvalue weighted by Gasteiger charge is -2.18. The Morgan fingerprint density at radius 2 is 1.58 bits per heavy atom. The number of nitrogens with one attached hydrogen (secondary N) is 1. The Kier molecular flexibility index (Phi) is 4.31. The molecule has 0 spiro atoms. The van der Waals surface area contributed by atoms with Crippen LogP contribution in [-0.4, -0.2) is 0 Å². The monoisotopic (exact) mass is 317 g/mol. The Hall–Kier alpha value is -1.28. The molecule has 0 fully saturated rings. The smallest absolute Gasteiger partial charge is 0.0485 e. The maximum Gasteiger partial charge on any atom is 0.0485 e. The van der Waals surface area contributed by atoms with Crippen LogP contribution in [0, 0.1) is 20.8 Å². The van der Waals surface area contributed by atoms with E-state index in [2.05, 4.69) is 85.3 Å². The van der Waals surface area contributed by atoms with Crippen molar-refractivity contribution in [2.24, 2.45) is 0 Å².